The van der Waals surface area contributed by atoms with Gasteiger partial charge in [-0.05, 0) is 55.8 Å². The number of nitrogens with zero attached hydrogens (tertiary/aromatic N) is 2. The van der Waals surface area contributed by atoms with Gasteiger partial charge in [-0.2, -0.15) is 0 Å². The molecule has 2 aromatic carbocycles. The molecule has 1 aromatic heterocycles. The number of hydrogen-bond acceptors (Lipinski definition) is 9. The summed E-state index contributed by atoms with van der Waals surface area (Å²) >= 11 is 0.922. The van der Waals surface area contributed by atoms with E-state index in [4.69, 9.17) is 14.2 Å². The average molecular weight is 561 g/mol. The standard InChI is InChI=1S/C30H28N2O7S/c1-5-15-38-22-10-8-9-20(17-22)24-23(25(33)19-11-13-21(14-12-19)37-7-3)26(34)28(35)32(24)30-31-18(4)27(40-30)29(36)39-16-6-2/h5-6,8-14,17,24,33H,1-2,7,15-16H2,3-4H3. The first-order valence-electron chi connectivity index (χ1n) is 12.4. The molecule has 4 rings (SSSR count). The van der Waals surface area contributed by atoms with E-state index in [0.29, 0.717) is 34.9 Å². The third-order valence-corrected chi connectivity index (χ3v) is 7.07. The van der Waals surface area contributed by atoms with E-state index >= 15 is 0 Å². The number of amides is 1. The molecule has 10 heteroatoms. The maximum atomic E-state index is 13.5. The van der Waals surface area contributed by atoms with Gasteiger partial charge in [0.2, 0.25) is 0 Å². The lowest BCUT2D eigenvalue weighted by Crippen LogP contribution is -2.29. The number of aryl methyl sites for hydroxylation is 1. The number of anilines is 1. The number of rotatable bonds is 11. The monoisotopic (exact) mass is 560 g/mol. The number of esters is 1. The first-order chi connectivity index (χ1) is 19.3. The minimum absolute atomic E-state index is 0.00953. The summed E-state index contributed by atoms with van der Waals surface area (Å²) in [6, 6.07) is 12.3. The van der Waals surface area contributed by atoms with E-state index in [1.54, 1.807) is 61.5 Å². The third-order valence-electron chi connectivity index (χ3n) is 5.93. The summed E-state index contributed by atoms with van der Waals surface area (Å²) in [6.45, 7) is 11.4. The van der Waals surface area contributed by atoms with Crippen LogP contribution < -0.4 is 14.4 Å². The summed E-state index contributed by atoms with van der Waals surface area (Å²) in [7, 11) is 0. The third kappa shape index (κ3) is 5.67. The van der Waals surface area contributed by atoms with Crippen LogP contribution in [-0.4, -0.2) is 47.6 Å². The highest BCUT2D eigenvalue weighted by Gasteiger charge is 2.48. The summed E-state index contributed by atoms with van der Waals surface area (Å²) in [5, 5.41) is 11.5. The van der Waals surface area contributed by atoms with Crippen molar-refractivity contribution in [2.24, 2.45) is 0 Å². The van der Waals surface area contributed by atoms with Gasteiger partial charge in [-0.3, -0.25) is 14.5 Å². The number of aromatic nitrogens is 1. The zero-order valence-corrected chi connectivity index (χ0v) is 22.9. The molecular formula is C30H28N2O7S. The summed E-state index contributed by atoms with van der Waals surface area (Å²) in [5.41, 5.74) is 1.04. The molecule has 3 aromatic rings. The topological polar surface area (TPSA) is 115 Å². The highest BCUT2D eigenvalue weighted by Crippen LogP contribution is 2.44. The van der Waals surface area contributed by atoms with Gasteiger partial charge in [0.25, 0.3) is 5.78 Å². The van der Waals surface area contributed by atoms with Crippen LogP contribution in [0, 0.1) is 6.92 Å². The number of aliphatic hydroxyl groups is 1. The molecule has 0 spiro atoms. The van der Waals surface area contributed by atoms with Crippen molar-refractivity contribution >= 4 is 39.9 Å². The number of Topliss-reactive ketones (excluding diaryl/α,β-unsaturated/α-hetero) is 1. The molecule has 0 aliphatic carbocycles. The van der Waals surface area contributed by atoms with Crippen molar-refractivity contribution < 1.29 is 33.7 Å². The summed E-state index contributed by atoms with van der Waals surface area (Å²) in [4.78, 5) is 45.4. The number of carbonyl (C=O) groups excluding carboxylic acids is 3. The lowest BCUT2D eigenvalue weighted by Gasteiger charge is -2.23. The van der Waals surface area contributed by atoms with Crippen LogP contribution >= 0.6 is 11.3 Å². The quantitative estimate of drug-likeness (QED) is 0.109. The largest absolute Gasteiger partial charge is 0.507 e. The molecule has 1 saturated heterocycles. The Morgan fingerprint density at radius 1 is 1.07 bits per heavy atom. The van der Waals surface area contributed by atoms with Gasteiger partial charge in [0.15, 0.2) is 5.13 Å². The SMILES string of the molecule is C=CCOC(=O)c1sc(N2C(=O)C(=O)C(=C(O)c3ccc(OCC)cc3)C2c2cccc(OCC=C)c2)nc1C. The van der Waals surface area contributed by atoms with Crippen LogP contribution in [0.3, 0.4) is 0 Å². The van der Waals surface area contributed by atoms with Gasteiger partial charge in [-0.1, -0.05) is 48.8 Å². The maximum Gasteiger partial charge on any atom is 0.350 e. The lowest BCUT2D eigenvalue weighted by molar-refractivity contribution is -0.132. The predicted molar refractivity (Wildman–Crippen MR) is 152 cm³/mol. The highest BCUT2D eigenvalue weighted by atomic mass is 32.1. The van der Waals surface area contributed by atoms with Gasteiger partial charge in [0, 0.05) is 5.56 Å². The molecule has 0 saturated carbocycles. The van der Waals surface area contributed by atoms with E-state index in [0.717, 1.165) is 11.3 Å². The van der Waals surface area contributed by atoms with Gasteiger partial charge in [0.05, 0.1) is 23.9 Å². The Balaban J connectivity index is 1.86. The lowest BCUT2D eigenvalue weighted by atomic mass is 9.95. The number of hydrogen-bond donors (Lipinski definition) is 1. The van der Waals surface area contributed by atoms with Crippen LogP contribution in [0.15, 0.2) is 79.4 Å². The molecule has 0 radical (unpaired) electrons. The number of benzene rings is 2. The van der Waals surface area contributed by atoms with E-state index in [1.807, 2.05) is 6.92 Å². The second-order valence-electron chi connectivity index (χ2n) is 8.60. The fraction of sp³-hybridized carbons (Fsp3) is 0.200. The molecule has 1 fully saturated rings. The molecule has 206 valence electrons. The van der Waals surface area contributed by atoms with Crippen LogP contribution in [-0.2, 0) is 14.3 Å². The van der Waals surface area contributed by atoms with Crippen molar-refractivity contribution in [2.45, 2.75) is 19.9 Å². The van der Waals surface area contributed by atoms with Crippen LogP contribution in [0.5, 0.6) is 11.5 Å². The van der Waals surface area contributed by atoms with Crippen LogP contribution in [0.1, 0.15) is 39.5 Å². The number of ether oxygens (including phenoxy) is 3. The van der Waals surface area contributed by atoms with E-state index in [9.17, 15) is 19.5 Å². The molecule has 1 unspecified atom stereocenters. The minimum Gasteiger partial charge on any atom is -0.507 e. The van der Waals surface area contributed by atoms with Crippen LogP contribution in [0.2, 0.25) is 0 Å². The Bertz CT molecular complexity index is 1490. The number of carbonyl (C=O) groups is 3. The molecule has 40 heavy (non-hydrogen) atoms. The van der Waals surface area contributed by atoms with Crippen LogP contribution in [0.4, 0.5) is 5.13 Å². The molecule has 0 bridgehead atoms. The zero-order chi connectivity index (χ0) is 28.8. The number of thiazole rings is 1. The maximum absolute atomic E-state index is 13.5. The molecule has 1 aliphatic rings. The molecular weight excluding hydrogens is 532 g/mol. The van der Waals surface area contributed by atoms with Gasteiger partial charge in [-0.25, -0.2) is 9.78 Å². The van der Waals surface area contributed by atoms with E-state index < -0.39 is 23.7 Å². The van der Waals surface area contributed by atoms with Crippen molar-refractivity contribution in [3.05, 3.63) is 101 Å². The zero-order valence-electron chi connectivity index (χ0n) is 22.1. The van der Waals surface area contributed by atoms with Crippen molar-refractivity contribution in [1.82, 2.24) is 4.98 Å². The Morgan fingerprint density at radius 3 is 2.48 bits per heavy atom. The first-order valence-corrected chi connectivity index (χ1v) is 13.3. The fourth-order valence-electron chi connectivity index (χ4n) is 4.18. The van der Waals surface area contributed by atoms with Gasteiger partial charge >= 0.3 is 11.9 Å². The fourth-order valence-corrected chi connectivity index (χ4v) is 5.17. The van der Waals surface area contributed by atoms with Gasteiger partial charge in [0.1, 0.15) is 35.3 Å². The second-order valence-corrected chi connectivity index (χ2v) is 9.57. The van der Waals surface area contributed by atoms with E-state index in [-0.39, 0.29) is 34.6 Å². The molecule has 1 N–H and O–H groups in total. The summed E-state index contributed by atoms with van der Waals surface area (Å²) in [5.74, 6) is -1.69. The van der Waals surface area contributed by atoms with Crippen molar-refractivity contribution in [2.75, 3.05) is 24.7 Å². The highest BCUT2D eigenvalue weighted by molar-refractivity contribution is 7.17. The smallest absolute Gasteiger partial charge is 0.350 e. The van der Waals surface area contributed by atoms with Crippen molar-refractivity contribution in [3.8, 4) is 11.5 Å². The Hall–Kier alpha value is -4.70. The van der Waals surface area contributed by atoms with Gasteiger partial charge < -0.3 is 19.3 Å². The van der Waals surface area contributed by atoms with E-state index in [2.05, 4.69) is 18.1 Å². The normalized spacial score (nSPS) is 16.1. The molecule has 1 amide bonds. The minimum atomic E-state index is -1.05. The average Bonchev–Trinajstić information content (AvgIpc) is 3.47. The Labute approximate surface area is 235 Å². The summed E-state index contributed by atoms with van der Waals surface area (Å²) in [6.07, 6.45) is 3.03. The Morgan fingerprint density at radius 2 is 1.80 bits per heavy atom. The molecule has 9 nitrogen and oxygen atoms in total. The first kappa shape index (κ1) is 28.3. The Kier molecular flexibility index (Phi) is 8.80. The number of ketones is 1. The van der Waals surface area contributed by atoms with Crippen molar-refractivity contribution in [1.29, 1.82) is 0 Å². The van der Waals surface area contributed by atoms with Crippen molar-refractivity contribution in [3.63, 3.8) is 0 Å². The predicted octanol–water partition coefficient (Wildman–Crippen LogP) is 5.38. The number of aliphatic hydroxyl groups excluding tert-OH is 1. The molecule has 2 heterocycles. The second kappa shape index (κ2) is 12.4. The summed E-state index contributed by atoms with van der Waals surface area (Å²) < 4.78 is 16.3. The van der Waals surface area contributed by atoms with Gasteiger partial charge in [-0.15, -0.1) is 0 Å². The molecule has 1 aliphatic heterocycles. The molecule has 1 atom stereocenters. The van der Waals surface area contributed by atoms with Crippen LogP contribution in [0.25, 0.3) is 5.76 Å². The van der Waals surface area contributed by atoms with E-state index in [1.165, 1.54) is 11.0 Å².